The van der Waals surface area contributed by atoms with Gasteiger partial charge >= 0.3 is 12.0 Å². The van der Waals surface area contributed by atoms with Crippen molar-refractivity contribution < 1.29 is 14.3 Å². The van der Waals surface area contributed by atoms with Gasteiger partial charge < -0.3 is 15.0 Å². The van der Waals surface area contributed by atoms with Gasteiger partial charge in [0.1, 0.15) is 0 Å². The standard InChI is InChI=1S/C14H24N4O3S/c1-17-7-4-11(5-8-17)3-6-15-14(20)16-18-9-12(10-22-18)13(19)21-2/h10-11H,3-9H2,1-2H3,(H2,15,16,20). The highest BCUT2D eigenvalue weighted by molar-refractivity contribution is 8.00. The van der Waals surface area contributed by atoms with Gasteiger partial charge in [0, 0.05) is 12.0 Å². The summed E-state index contributed by atoms with van der Waals surface area (Å²) in [7, 11) is 3.49. The molecule has 124 valence electrons. The first kappa shape index (κ1) is 17.1. The largest absolute Gasteiger partial charge is 0.466 e. The number of nitrogens with zero attached hydrogens (tertiary/aromatic N) is 2. The Balaban J connectivity index is 1.58. The fraction of sp³-hybridized carbons (Fsp3) is 0.714. The molecule has 22 heavy (non-hydrogen) atoms. The van der Waals surface area contributed by atoms with E-state index in [0.717, 1.165) is 19.5 Å². The minimum atomic E-state index is -0.362. The summed E-state index contributed by atoms with van der Waals surface area (Å²) in [5.74, 6) is 0.338. The smallest absolute Gasteiger partial charge is 0.335 e. The molecule has 0 unspecified atom stereocenters. The number of hydrazine groups is 1. The zero-order chi connectivity index (χ0) is 15.9. The molecule has 8 heteroatoms. The van der Waals surface area contributed by atoms with Gasteiger partial charge in [-0.2, -0.15) is 4.41 Å². The number of nitrogens with one attached hydrogen (secondary N) is 2. The van der Waals surface area contributed by atoms with Gasteiger partial charge in [0.15, 0.2) is 0 Å². The molecule has 0 aromatic rings. The van der Waals surface area contributed by atoms with Crippen LogP contribution in [0.4, 0.5) is 4.79 Å². The molecule has 7 nitrogen and oxygen atoms in total. The van der Waals surface area contributed by atoms with Gasteiger partial charge in [-0.1, -0.05) is 0 Å². The van der Waals surface area contributed by atoms with Crippen molar-refractivity contribution in [3.05, 3.63) is 11.0 Å². The first-order valence-electron chi connectivity index (χ1n) is 7.53. The summed E-state index contributed by atoms with van der Waals surface area (Å²) in [5, 5.41) is 4.55. The van der Waals surface area contributed by atoms with Crippen molar-refractivity contribution in [1.82, 2.24) is 20.1 Å². The molecule has 2 amide bonds. The van der Waals surface area contributed by atoms with Gasteiger partial charge in [0.2, 0.25) is 0 Å². The number of piperidine rings is 1. The van der Waals surface area contributed by atoms with Crippen molar-refractivity contribution in [2.75, 3.05) is 40.3 Å². The maximum absolute atomic E-state index is 11.8. The van der Waals surface area contributed by atoms with E-state index in [2.05, 4.69) is 27.4 Å². The summed E-state index contributed by atoms with van der Waals surface area (Å²) in [6.45, 7) is 3.31. The Hall–Kier alpha value is -1.25. The van der Waals surface area contributed by atoms with E-state index >= 15 is 0 Å². The lowest BCUT2D eigenvalue weighted by molar-refractivity contribution is -0.136. The number of hydrogen-bond donors (Lipinski definition) is 2. The second kappa shape index (κ2) is 8.40. The number of methoxy groups -OCH3 is 1. The second-order valence-corrected chi connectivity index (χ2v) is 6.57. The number of esters is 1. The van der Waals surface area contributed by atoms with Crippen LogP contribution in [0, 0.1) is 5.92 Å². The van der Waals surface area contributed by atoms with Gasteiger partial charge in [-0.05, 0) is 57.3 Å². The summed E-state index contributed by atoms with van der Waals surface area (Å²) in [6, 6.07) is -0.236. The molecule has 0 bridgehead atoms. The Morgan fingerprint density at radius 3 is 2.82 bits per heavy atom. The lowest BCUT2D eigenvalue weighted by atomic mass is 9.94. The van der Waals surface area contributed by atoms with Crippen LogP contribution in [0.3, 0.4) is 0 Å². The van der Waals surface area contributed by atoms with Gasteiger partial charge in [0.25, 0.3) is 0 Å². The summed E-state index contributed by atoms with van der Waals surface area (Å²) in [6.07, 6.45) is 3.42. The molecule has 0 atom stereocenters. The molecule has 0 aromatic heterocycles. The maximum atomic E-state index is 11.8. The monoisotopic (exact) mass is 328 g/mol. The first-order chi connectivity index (χ1) is 10.6. The van der Waals surface area contributed by atoms with Crippen molar-refractivity contribution in [3.8, 4) is 0 Å². The average Bonchev–Trinajstić information content (AvgIpc) is 2.97. The SMILES string of the molecule is COC(=O)C1=CSN(NC(=O)NCCC2CCN(C)CC2)C1. The fourth-order valence-corrected chi connectivity index (χ4v) is 3.33. The molecule has 0 saturated carbocycles. The first-order valence-corrected chi connectivity index (χ1v) is 8.37. The Labute approximate surface area is 135 Å². The van der Waals surface area contributed by atoms with Crippen LogP contribution in [0.5, 0.6) is 0 Å². The van der Waals surface area contributed by atoms with Crippen LogP contribution < -0.4 is 10.7 Å². The average molecular weight is 328 g/mol. The van der Waals surface area contributed by atoms with Crippen molar-refractivity contribution in [2.24, 2.45) is 5.92 Å². The van der Waals surface area contributed by atoms with E-state index in [1.165, 1.54) is 31.9 Å². The van der Waals surface area contributed by atoms with Crippen LogP contribution in [-0.4, -0.2) is 61.7 Å². The molecule has 2 N–H and O–H groups in total. The molecule has 2 rings (SSSR count). The highest BCUT2D eigenvalue weighted by atomic mass is 32.2. The molecule has 1 fully saturated rings. The Kier molecular flexibility index (Phi) is 6.53. The van der Waals surface area contributed by atoms with E-state index in [9.17, 15) is 9.59 Å². The Morgan fingerprint density at radius 1 is 1.41 bits per heavy atom. The summed E-state index contributed by atoms with van der Waals surface area (Å²) < 4.78 is 6.26. The lowest BCUT2D eigenvalue weighted by Crippen LogP contribution is -2.44. The van der Waals surface area contributed by atoms with Crippen molar-refractivity contribution in [3.63, 3.8) is 0 Å². The molecule has 2 heterocycles. The molecular formula is C14H24N4O3S. The van der Waals surface area contributed by atoms with E-state index < -0.39 is 0 Å². The van der Waals surface area contributed by atoms with E-state index in [0.29, 0.717) is 24.6 Å². The van der Waals surface area contributed by atoms with Gasteiger partial charge in [-0.25, -0.2) is 9.59 Å². The van der Waals surface area contributed by atoms with Crippen LogP contribution in [0.15, 0.2) is 11.0 Å². The third kappa shape index (κ3) is 5.19. The lowest BCUT2D eigenvalue weighted by Gasteiger charge is -2.28. The van der Waals surface area contributed by atoms with Gasteiger partial charge in [-0.3, -0.25) is 5.43 Å². The molecule has 0 aromatic carbocycles. The third-order valence-electron chi connectivity index (χ3n) is 3.99. The number of urea groups is 1. The van der Waals surface area contributed by atoms with Crippen LogP contribution in [-0.2, 0) is 9.53 Å². The summed E-state index contributed by atoms with van der Waals surface area (Å²) >= 11 is 1.28. The van der Waals surface area contributed by atoms with Gasteiger partial charge in [-0.15, -0.1) is 0 Å². The molecular weight excluding hydrogens is 304 g/mol. The Morgan fingerprint density at radius 2 is 2.14 bits per heavy atom. The molecule has 1 saturated heterocycles. The predicted molar refractivity (Wildman–Crippen MR) is 85.8 cm³/mol. The van der Waals surface area contributed by atoms with Crippen LogP contribution in [0.25, 0.3) is 0 Å². The zero-order valence-corrected chi connectivity index (χ0v) is 13.9. The molecule has 2 aliphatic heterocycles. The number of carbonyl (C=O) groups excluding carboxylic acids is 2. The zero-order valence-electron chi connectivity index (χ0n) is 13.1. The summed E-state index contributed by atoms with van der Waals surface area (Å²) in [5.41, 5.74) is 3.25. The number of hydrogen-bond acceptors (Lipinski definition) is 6. The van der Waals surface area contributed by atoms with E-state index in [1.807, 2.05) is 0 Å². The van der Waals surface area contributed by atoms with E-state index in [1.54, 1.807) is 9.82 Å². The summed E-state index contributed by atoms with van der Waals surface area (Å²) in [4.78, 5) is 25.5. The second-order valence-electron chi connectivity index (χ2n) is 5.68. The maximum Gasteiger partial charge on any atom is 0.335 e. The van der Waals surface area contributed by atoms with E-state index in [4.69, 9.17) is 0 Å². The van der Waals surface area contributed by atoms with Gasteiger partial charge in [0.05, 0.1) is 19.2 Å². The van der Waals surface area contributed by atoms with Crippen molar-refractivity contribution in [1.29, 1.82) is 0 Å². The molecule has 2 aliphatic rings. The number of carbonyl (C=O) groups is 2. The minimum Gasteiger partial charge on any atom is -0.466 e. The topological polar surface area (TPSA) is 73.9 Å². The van der Waals surface area contributed by atoms with Crippen LogP contribution in [0.2, 0.25) is 0 Å². The molecule has 0 aliphatic carbocycles. The molecule has 0 spiro atoms. The van der Waals surface area contributed by atoms with Crippen LogP contribution in [0.1, 0.15) is 19.3 Å². The number of rotatable bonds is 5. The van der Waals surface area contributed by atoms with Crippen molar-refractivity contribution >= 4 is 23.9 Å². The fourth-order valence-electron chi connectivity index (χ4n) is 2.56. The predicted octanol–water partition coefficient (Wildman–Crippen LogP) is 0.953. The number of likely N-dealkylation sites (tertiary alicyclic amines) is 1. The third-order valence-corrected chi connectivity index (χ3v) is 4.85. The molecule has 0 radical (unpaired) electrons. The minimum absolute atomic E-state index is 0.236. The quantitative estimate of drug-likeness (QED) is 0.578. The van der Waals surface area contributed by atoms with Crippen LogP contribution >= 0.6 is 11.9 Å². The highest BCUT2D eigenvalue weighted by Crippen LogP contribution is 2.22. The number of amides is 2. The number of ether oxygens (including phenoxy) is 1. The van der Waals surface area contributed by atoms with E-state index in [-0.39, 0.29) is 12.0 Å². The highest BCUT2D eigenvalue weighted by Gasteiger charge is 2.22. The normalized spacial score (nSPS) is 20.5. The van der Waals surface area contributed by atoms with Crippen molar-refractivity contribution in [2.45, 2.75) is 19.3 Å². The Bertz CT molecular complexity index is 436.